The van der Waals surface area contributed by atoms with E-state index in [0.717, 1.165) is 25.2 Å². The number of fused-ring (bicyclic) bond motifs is 2. The van der Waals surface area contributed by atoms with Gasteiger partial charge in [0.2, 0.25) is 0 Å². The summed E-state index contributed by atoms with van der Waals surface area (Å²) in [6.07, 6.45) is 9.96. The highest BCUT2D eigenvalue weighted by atomic mass is 16.5. The van der Waals surface area contributed by atoms with Gasteiger partial charge in [0.25, 0.3) is 0 Å². The minimum atomic E-state index is 0.386. The molecule has 0 heterocycles. The normalized spacial score (nSPS) is 44.6. The van der Waals surface area contributed by atoms with Crippen LogP contribution in [-0.4, -0.2) is 12.9 Å². The van der Waals surface area contributed by atoms with Gasteiger partial charge in [0.1, 0.15) is 5.78 Å². The summed E-state index contributed by atoms with van der Waals surface area (Å²) in [4.78, 5) is 11.9. The first-order chi connectivity index (χ1) is 7.73. The number of Topliss-reactive ketones (excluding diaryl/α,β-unsaturated/α-hetero) is 1. The fourth-order valence-electron chi connectivity index (χ4n) is 4.21. The van der Waals surface area contributed by atoms with E-state index in [0.29, 0.717) is 17.1 Å². The van der Waals surface area contributed by atoms with Gasteiger partial charge < -0.3 is 4.74 Å². The quantitative estimate of drug-likeness (QED) is 0.635. The molecule has 2 bridgehead atoms. The highest BCUT2D eigenvalue weighted by molar-refractivity contribution is 5.83. The Morgan fingerprint density at radius 1 is 1.44 bits per heavy atom. The SMILES string of the molecule is COC=C1CCC23CCC(CC2C1)C(=O)C3. The first-order valence-electron chi connectivity index (χ1n) is 6.47. The highest BCUT2D eigenvalue weighted by Gasteiger charge is 2.52. The average molecular weight is 220 g/mol. The van der Waals surface area contributed by atoms with Gasteiger partial charge in [-0.2, -0.15) is 0 Å². The predicted molar refractivity (Wildman–Crippen MR) is 61.8 cm³/mol. The molecule has 0 aliphatic heterocycles. The molecule has 0 saturated heterocycles. The van der Waals surface area contributed by atoms with Crippen molar-refractivity contribution in [3.8, 4) is 0 Å². The molecule has 2 heteroatoms. The number of carbonyl (C=O) groups is 1. The van der Waals surface area contributed by atoms with Crippen LogP contribution in [0.25, 0.3) is 0 Å². The molecule has 4 fully saturated rings. The molecule has 16 heavy (non-hydrogen) atoms. The number of ketones is 1. The van der Waals surface area contributed by atoms with Gasteiger partial charge in [-0.1, -0.05) is 0 Å². The Balaban J connectivity index is 1.82. The monoisotopic (exact) mass is 220 g/mol. The highest BCUT2D eigenvalue weighted by Crippen LogP contribution is 2.59. The number of allylic oxidation sites excluding steroid dienone is 1. The molecule has 2 nitrogen and oxygen atoms in total. The summed E-state index contributed by atoms with van der Waals surface area (Å²) in [5.74, 6) is 1.72. The average Bonchev–Trinajstić information content (AvgIpc) is 2.29. The lowest BCUT2D eigenvalue weighted by Crippen LogP contribution is -2.48. The van der Waals surface area contributed by atoms with Crippen molar-refractivity contribution in [3.05, 3.63) is 11.8 Å². The van der Waals surface area contributed by atoms with Crippen molar-refractivity contribution >= 4 is 5.78 Å². The van der Waals surface area contributed by atoms with Gasteiger partial charge in [-0.05, 0) is 55.4 Å². The number of rotatable bonds is 1. The molecular weight excluding hydrogens is 200 g/mol. The van der Waals surface area contributed by atoms with Gasteiger partial charge in [0.15, 0.2) is 0 Å². The van der Waals surface area contributed by atoms with E-state index in [9.17, 15) is 4.79 Å². The summed E-state index contributed by atoms with van der Waals surface area (Å²) in [6.45, 7) is 0. The summed E-state index contributed by atoms with van der Waals surface area (Å²) in [5, 5.41) is 0. The van der Waals surface area contributed by atoms with Crippen LogP contribution in [0.4, 0.5) is 0 Å². The van der Waals surface area contributed by atoms with E-state index in [1.165, 1.54) is 31.3 Å². The van der Waals surface area contributed by atoms with Crippen molar-refractivity contribution in [3.63, 3.8) is 0 Å². The third kappa shape index (κ3) is 1.42. The molecule has 1 spiro atoms. The Morgan fingerprint density at radius 3 is 3.06 bits per heavy atom. The molecule has 4 rings (SSSR count). The van der Waals surface area contributed by atoms with Crippen molar-refractivity contribution < 1.29 is 9.53 Å². The standard InChI is InChI=1S/C14H20O2/c1-16-9-10-2-4-14-5-3-11(13(15)8-14)7-12(14)6-10/h9,11-12H,2-8H2,1H3. The van der Waals surface area contributed by atoms with Crippen LogP contribution >= 0.6 is 0 Å². The zero-order chi connectivity index (χ0) is 11.2. The number of hydrogen-bond acceptors (Lipinski definition) is 2. The summed E-state index contributed by atoms with van der Waals surface area (Å²) in [6, 6.07) is 0. The van der Waals surface area contributed by atoms with Crippen LogP contribution in [0.15, 0.2) is 11.8 Å². The molecule has 3 atom stereocenters. The van der Waals surface area contributed by atoms with Crippen LogP contribution in [0, 0.1) is 17.3 Å². The van der Waals surface area contributed by atoms with Gasteiger partial charge >= 0.3 is 0 Å². The number of ether oxygens (including phenoxy) is 1. The molecule has 0 radical (unpaired) electrons. The van der Waals surface area contributed by atoms with Crippen LogP contribution in [-0.2, 0) is 9.53 Å². The van der Waals surface area contributed by atoms with E-state index < -0.39 is 0 Å². The fraction of sp³-hybridized carbons (Fsp3) is 0.786. The van der Waals surface area contributed by atoms with Gasteiger partial charge in [0, 0.05) is 12.3 Å². The van der Waals surface area contributed by atoms with Crippen molar-refractivity contribution in [2.45, 2.75) is 44.9 Å². The lowest BCUT2D eigenvalue weighted by Gasteiger charge is -2.54. The van der Waals surface area contributed by atoms with Crippen molar-refractivity contribution in [2.24, 2.45) is 17.3 Å². The van der Waals surface area contributed by atoms with Crippen LogP contribution in [0.3, 0.4) is 0 Å². The second-order valence-electron chi connectivity index (χ2n) is 5.89. The summed E-state index contributed by atoms with van der Waals surface area (Å²) < 4.78 is 5.13. The molecule has 0 aromatic rings. The van der Waals surface area contributed by atoms with Gasteiger partial charge in [-0.3, -0.25) is 4.79 Å². The van der Waals surface area contributed by atoms with Crippen molar-refractivity contribution in [1.82, 2.24) is 0 Å². The van der Waals surface area contributed by atoms with Gasteiger partial charge in [0.05, 0.1) is 13.4 Å². The smallest absolute Gasteiger partial charge is 0.136 e. The second kappa shape index (κ2) is 3.61. The summed E-state index contributed by atoms with van der Waals surface area (Å²) in [5.41, 5.74) is 1.84. The first kappa shape index (κ1) is 10.4. The van der Waals surface area contributed by atoms with Gasteiger partial charge in [-0.25, -0.2) is 0 Å². The maximum Gasteiger partial charge on any atom is 0.136 e. The predicted octanol–water partition coefficient (Wildman–Crippen LogP) is 3.08. The van der Waals surface area contributed by atoms with E-state index >= 15 is 0 Å². The third-order valence-electron chi connectivity index (χ3n) is 5.14. The molecule has 4 aliphatic carbocycles. The van der Waals surface area contributed by atoms with Gasteiger partial charge in [-0.15, -0.1) is 0 Å². The minimum Gasteiger partial charge on any atom is -0.504 e. The Bertz CT molecular complexity index is 345. The van der Waals surface area contributed by atoms with Crippen LogP contribution in [0.2, 0.25) is 0 Å². The minimum absolute atomic E-state index is 0.386. The lowest BCUT2D eigenvalue weighted by molar-refractivity contribution is -0.140. The molecule has 3 unspecified atom stereocenters. The van der Waals surface area contributed by atoms with E-state index in [1.807, 2.05) is 6.26 Å². The van der Waals surface area contributed by atoms with E-state index in [1.54, 1.807) is 7.11 Å². The molecule has 0 N–H and O–H groups in total. The largest absolute Gasteiger partial charge is 0.504 e. The van der Waals surface area contributed by atoms with E-state index in [4.69, 9.17) is 4.74 Å². The lowest BCUT2D eigenvalue weighted by atomic mass is 9.50. The Hall–Kier alpha value is -0.790. The molecule has 4 saturated carbocycles. The zero-order valence-electron chi connectivity index (χ0n) is 10.00. The third-order valence-corrected chi connectivity index (χ3v) is 5.14. The maximum absolute atomic E-state index is 11.9. The molecule has 0 amide bonds. The summed E-state index contributed by atoms with van der Waals surface area (Å²) >= 11 is 0. The maximum atomic E-state index is 11.9. The number of hydrogen-bond donors (Lipinski definition) is 0. The second-order valence-corrected chi connectivity index (χ2v) is 5.89. The molecular formula is C14H20O2. The van der Waals surface area contributed by atoms with Crippen molar-refractivity contribution in [2.75, 3.05) is 7.11 Å². The Morgan fingerprint density at radius 2 is 2.31 bits per heavy atom. The topological polar surface area (TPSA) is 26.3 Å². The molecule has 88 valence electrons. The van der Waals surface area contributed by atoms with Crippen LogP contribution in [0.1, 0.15) is 44.9 Å². The number of methoxy groups -OCH3 is 1. The number of carbonyl (C=O) groups excluding carboxylic acids is 1. The first-order valence-corrected chi connectivity index (χ1v) is 6.47. The Kier molecular flexibility index (Phi) is 2.34. The van der Waals surface area contributed by atoms with Crippen LogP contribution < -0.4 is 0 Å². The van der Waals surface area contributed by atoms with Crippen molar-refractivity contribution in [1.29, 1.82) is 0 Å². The zero-order valence-corrected chi connectivity index (χ0v) is 10.00. The van der Waals surface area contributed by atoms with E-state index in [2.05, 4.69) is 0 Å². The molecule has 4 aliphatic rings. The fourth-order valence-corrected chi connectivity index (χ4v) is 4.21. The van der Waals surface area contributed by atoms with E-state index in [-0.39, 0.29) is 0 Å². The molecule has 0 aromatic heterocycles. The Labute approximate surface area is 97.1 Å². The molecule has 0 aromatic carbocycles. The summed E-state index contributed by atoms with van der Waals surface area (Å²) in [7, 11) is 1.73. The van der Waals surface area contributed by atoms with Crippen LogP contribution in [0.5, 0.6) is 0 Å².